The molecule has 1 amide bonds. The van der Waals surface area contributed by atoms with Crippen LogP contribution in [0.15, 0.2) is 10.3 Å². The van der Waals surface area contributed by atoms with Crippen molar-refractivity contribution in [2.45, 2.75) is 4.21 Å². The molecular weight excluding hydrogens is 236 g/mol. The number of rotatable bonds is 2. The van der Waals surface area contributed by atoms with E-state index in [-0.39, 0.29) is 14.1 Å². The highest BCUT2D eigenvalue weighted by Gasteiger charge is 2.18. The first-order valence-electron chi connectivity index (χ1n) is 2.94. The zero-order valence-corrected chi connectivity index (χ0v) is 8.54. The summed E-state index contributed by atoms with van der Waals surface area (Å²) >= 11 is 6.24. The smallest absolute Gasteiger partial charge is 0.251 e. The number of carbonyl (C=O) groups is 1. The topological polar surface area (TPSA) is 103 Å². The zero-order chi connectivity index (χ0) is 10.2. The monoisotopic (exact) mass is 240 g/mol. The van der Waals surface area contributed by atoms with Gasteiger partial charge < -0.3 is 5.73 Å². The van der Waals surface area contributed by atoms with Crippen LogP contribution in [0.4, 0.5) is 0 Å². The lowest BCUT2D eigenvalue weighted by atomic mass is 10.3. The molecule has 72 valence electrons. The van der Waals surface area contributed by atoms with Crippen molar-refractivity contribution in [3.63, 3.8) is 0 Å². The molecule has 1 heterocycles. The van der Waals surface area contributed by atoms with Crippen LogP contribution < -0.4 is 10.9 Å². The third-order valence-corrected chi connectivity index (χ3v) is 3.99. The lowest BCUT2D eigenvalue weighted by molar-refractivity contribution is 0.100. The van der Waals surface area contributed by atoms with Crippen molar-refractivity contribution < 1.29 is 13.2 Å². The molecule has 8 heteroatoms. The van der Waals surface area contributed by atoms with Gasteiger partial charge in [-0.1, -0.05) is 11.6 Å². The third kappa shape index (κ3) is 2.19. The molecule has 4 N–H and O–H groups in total. The summed E-state index contributed by atoms with van der Waals surface area (Å²) in [6.45, 7) is 0. The second kappa shape index (κ2) is 3.26. The van der Waals surface area contributed by atoms with Crippen molar-refractivity contribution in [3.8, 4) is 0 Å². The van der Waals surface area contributed by atoms with Crippen molar-refractivity contribution in [1.29, 1.82) is 0 Å². The maximum Gasteiger partial charge on any atom is 0.251 e. The Hall–Kier alpha value is -0.630. The number of amides is 1. The van der Waals surface area contributed by atoms with Gasteiger partial charge in [0.1, 0.15) is 8.55 Å². The van der Waals surface area contributed by atoms with E-state index in [1.54, 1.807) is 0 Å². The molecule has 0 radical (unpaired) electrons. The van der Waals surface area contributed by atoms with Gasteiger partial charge in [-0.3, -0.25) is 4.79 Å². The SMILES string of the molecule is NC(=O)c1cc(S(N)(=O)=O)sc1Cl. The minimum Gasteiger partial charge on any atom is -0.366 e. The molecule has 0 atom stereocenters. The average Bonchev–Trinajstić information content (AvgIpc) is 2.29. The Morgan fingerprint density at radius 2 is 2.08 bits per heavy atom. The van der Waals surface area contributed by atoms with Gasteiger partial charge in [-0.15, -0.1) is 11.3 Å². The number of primary amides is 1. The first kappa shape index (κ1) is 10.5. The Kier molecular flexibility index (Phi) is 2.62. The Morgan fingerprint density at radius 1 is 1.54 bits per heavy atom. The molecule has 0 saturated heterocycles. The average molecular weight is 241 g/mol. The van der Waals surface area contributed by atoms with Gasteiger partial charge >= 0.3 is 0 Å². The number of halogens is 1. The lowest BCUT2D eigenvalue weighted by Crippen LogP contribution is -2.12. The van der Waals surface area contributed by atoms with Gasteiger partial charge in [-0.05, 0) is 6.07 Å². The summed E-state index contributed by atoms with van der Waals surface area (Å²) in [5, 5.41) is 4.81. The van der Waals surface area contributed by atoms with E-state index >= 15 is 0 Å². The number of sulfonamides is 1. The highest BCUT2D eigenvalue weighted by Crippen LogP contribution is 2.29. The van der Waals surface area contributed by atoms with Crippen LogP contribution in [0.5, 0.6) is 0 Å². The number of primary sulfonamides is 1. The summed E-state index contributed by atoms with van der Waals surface area (Å²) in [6, 6.07) is 1.06. The van der Waals surface area contributed by atoms with Crippen LogP contribution in [0.3, 0.4) is 0 Å². The Labute approximate surface area is 83.3 Å². The second-order valence-corrected chi connectivity index (χ2v) is 5.60. The molecule has 1 aromatic heterocycles. The second-order valence-electron chi connectivity index (χ2n) is 2.16. The van der Waals surface area contributed by atoms with E-state index in [4.69, 9.17) is 22.5 Å². The molecule has 0 aliphatic heterocycles. The largest absolute Gasteiger partial charge is 0.366 e. The van der Waals surface area contributed by atoms with Crippen LogP contribution in [0, 0.1) is 0 Å². The van der Waals surface area contributed by atoms with E-state index in [0.29, 0.717) is 11.3 Å². The fourth-order valence-electron chi connectivity index (χ4n) is 0.656. The zero-order valence-electron chi connectivity index (χ0n) is 6.15. The first-order chi connectivity index (χ1) is 5.82. The summed E-state index contributed by atoms with van der Waals surface area (Å²) in [6.07, 6.45) is 0. The van der Waals surface area contributed by atoms with Gasteiger partial charge in [0.25, 0.3) is 5.91 Å². The maximum atomic E-state index is 10.8. The van der Waals surface area contributed by atoms with Gasteiger partial charge in [-0.2, -0.15) is 0 Å². The minimum absolute atomic E-state index is 0.0246. The molecule has 1 rings (SSSR count). The van der Waals surface area contributed by atoms with Crippen molar-refractivity contribution >= 4 is 38.9 Å². The number of nitrogens with two attached hydrogens (primary N) is 2. The first-order valence-corrected chi connectivity index (χ1v) is 5.68. The van der Waals surface area contributed by atoms with E-state index < -0.39 is 15.9 Å². The molecule has 0 spiro atoms. The molecular formula is C5H5ClN2O3S2. The van der Waals surface area contributed by atoms with Gasteiger partial charge in [-0.25, -0.2) is 13.6 Å². The molecule has 0 aliphatic carbocycles. The summed E-state index contributed by atoms with van der Waals surface area (Å²) in [7, 11) is -3.81. The van der Waals surface area contributed by atoms with Crippen LogP contribution in [0.2, 0.25) is 4.34 Å². The highest BCUT2D eigenvalue weighted by molar-refractivity contribution is 7.91. The Balaban J connectivity index is 3.33. The highest BCUT2D eigenvalue weighted by atomic mass is 35.5. The molecule has 0 bridgehead atoms. The predicted molar refractivity (Wildman–Crippen MR) is 49.2 cm³/mol. The number of carbonyl (C=O) groups excluding carboxylic acids is 1. The van der Waals surface area contributed by atoms with Crippen LogP contribution in [0.25, 0.3) is 0 Å². The molecule has 13 heavy (non-hydrogen) atoms. The number of thiophene rings is 1. The van der Waals surface area contributed by atoms with Gasteiger partial charge in [0.05, 0.1) is 5.56 Å². The van der Waals surface area contributed by atoms with Gasteiger partial charge in [0.15, 0.2) is 0 Å². The van der Waals surface area contributed by atoms with E-state index in [1.807, 2.05) is 0 Å². The van der Waals surface area contributed by atoms with E-state index in [0.717, 1.165) is 6.07 Å². The standard InChI is InChI=1S/C5H5ClN2O3S2/c6-4-2(5(7)9)1-3(12-4)13(8,10)11/h1H,(H2,7,9)(H2,8,10,11). The van der Waals surface area contributed by atoms with Crippen molar-refractivity contribution in [3.05, 3.63) is 16.0 Å². The fourth-order valence-corrected chi connectivity index (χ4v) is 2.81. The lowest BCUT2D eigenvalue weighted by Gasteiger charge is -1.87. The number of hydrogen-bond acceptors (Lipinski definition) is 4. The van der Waals surface area contributed by atoms with E-state index in [1.165, 1.54) is 0 Å². The van der Waals surface area contributed by atoms with Crippen LogP contribution in [-0.4, -0.2) is 14.3 Å². The van der Waals surface area contributed by atoms with Crippen molar-refractivity contribution in [2.24, 2.45) is 10.9 Å². The minimum atomic E-state index is -3.81. The molecule has 0 aliphatic rings. The van der Waals surface area contributed by atoms with Crippen LogP contribution >= 0.6 is 22.9 Å². The van der Waals surface area contributed by atoms with Crippen LogP contribution in [-0.2, 0) is 10.0 Å². The van der Waals surface area contributed by atoms with Gasteiger partial charge in [0, 0.05) is 0 Å². The fraction of sp³-hybridized carbons (Fsp3) is 0. The molecule has 0 saturated carbocycles. The predicted octanol–water partition coefficient (Wildman–Crippen LogP) is 0.148. The summed E-state index contributed by atoms with van der Waals surface area (Å²) < 4.78 is 21.4. The maximum absolute atomic E-state index is 10.8. The van der Waals surface area contributed by atoms with Crippen LogP contribution in [0.1, 0.15) is 10.4 Å². The number of hydrogen-bond donors (Lipinski definition) is 2. The Morgan fingerprint density at radius 3 is 2.31 bits per heavy atom. The summed E-state index contributed by atoms with van der Waals surface area (Å²) in [4.78, 5) is 10.7. The third-order valence-electron chi connectivity index (χ3n) is 1.21. The quantitative estimate of drug-likeness (QED) is 0.769. The normalized spacial score (nSPS) is 11.5. The van der Waals surface area contributed by atoms with Crippen molar-refractivity contribution in [2.75, 3.05) is 0 Å². The molecule has 0 unspecified atom stereocenters. The molecule has 0 fully saturated rings. The molecule has 1 aromatic rings. The van der Waals surface area contributed by atoms with Gasteiger partial charge in [0.2, 0.25) is 10.0 Å². The van der Waals surface area contributed by atoms with E-state index in [9.17, 15) is 13.2 Å². The Bertz CT molecular complexity index is 450. The molecule has 0 aromatic carbocycles. The van der Waals surface area contributed by atoms with Crippen molar-refractivity contribution in [1.82, 2.24) is 0 Å². The molecule has 5 nitrogen and oxygen atoms in total. The summed E-state index contributed by atoms with van der Waals surface area (Å²) in [5.74, 6) is -0.781. The summed E-state index contributed by atoms with van der Waals surface area (Å²) in [5.41, 5.74) is 4.89. The van der Waals surface area contributed by atoms with E-state index in [2.05, 4.69) is 0 Å².